The minimum Gasteiger partial charge on any atom is -0.287 e. The van der Waals surface area contributed by atoms with Gasteiger partial charge in [-0.2, -0.15) is 0 Å². The molecule has 0 saturated heterocycles. The van der Waals surface area contributed by atoms with E-state index in [1.54, 1.807) is 11.6 Å². The predicted octanol–water partition coefficient (Wildman–Crippen LogP) is 3.24. The van der Waals surface area contributed by atoms with E-state index in [1.807, 2.05) is 13.8 Å². The van der Waals surface area contributed by atoms with E-state index in [-0.39, 0.29) is 29.1 Å². The van der Waals surface area contributed by atoms with Crippen molar-refractivity contribution in [1.82, 2.24) is 9.78 Å². The minimum atomic E-state index is -0.874. The highest BCUT2D eigenvalue weighted by molar-refractivity contribution is 5.31. The molecule has 2 aromatic rings. The third-order valence-corrected chi connectivity index (χ3v) is 3.53. The van der Waals surface area contributed by atoms with E-state index in [9.17, 15) is 13.6 Å². The largest absolute Gasteiger partial charge is 0.287 e. The smallest absolute Gasteiger partial charge is 0.267 e. The van der Waals surface area contributed by atoms with E-state index < -0.39 is 11.6 Å². The van der Waals surface area contributed by atoms with E-state index in [1.165, 1.54) is 19.1 Å². The molecule has 0 aliphatic rings. The standard InChI is InChI=1S/C15H18F2N2O/c1-8(2)19-10(4)12(15(20)18-19)7-11-6-5-9(3)13(16)14(11)17/h5-6,8H,7H2,1-4H3,(H,18,20). The van der Waals surface area contributed by atoms with Gasteiger partial charge in [0.05, 0.1) is 0 Å². The molecule has 0 aliphatic carbocycles. The van der Waals surface area contributed by atoms with Gasteiger partial charge in [-0.1, -0.05) is 12.1 Å². The molecule has 0 bridgehead atoms. The molecular weight excluding hydrogens is 262 g/mol. The van der Waals surface area contributed by atoms with Crippen molar-refractivity contribution in [2.24, 2.45) is 0 Å². The Labute approximate surface area is 116 Å². The average Bonchev–Trinajstić information content (AvgIpc) is 2.67. The third kappa shape index (κ3) is 2.40. The molecule has 1 aromatic carbocycles. The van der Waals surface area contributed by atoms with Gasteiger partial charge in [0.15, 0.2) is 11.6 Å². The summed E-state index contributed by atoms with van der Waals surface area (Å²) in [5, 5.41) is 2.72. The van der Waals surface area contributed by atoms with E-state index in [0.717, 1.165) is 5.69 Å². The van der Waals surface area contributed by atoms with Crippen LogP contribution in [0, 0.1) is 25.5 Å². The van der Waals surface area contributed by atoms with Gasteiger partial charge in [0, 0.05) is 23.7 Å². The molecular formula is C15H18F2N2O. The van der Waals surface area contributed by atoms with E-state index in [2.05, 4.69) is 5.10 Å². The normalized spacial score (nSPS) is 11.3. The highest BCUT2D eigenvalue weighted by Crippen LogP contribution is 2.19. The van der Waals surface area contributed by atoms with E-state index >= 15 is 0 Å². The minimum absolute atomic E-state index is 0.0872. The molecule has 20 heavy (non-hydrogen) atoms. The molecule has 1 aromatic heterocycles. The lowest BCUT2D eigenvalue weighted by molar-refractivity contribution is 0.495. The Morgan fingerprint density at radius 2 is 1.85 bits per heavy atom. The summed E-state index contributed by atoms with van der Waals surface area (Å²) < 4.78 is 29.2. The van der Waals surface area contributed by atoms with Crippen LogP contribution in [0.2, 0.25) is 0 Å². The van der Waals surface area contributed by atoms with Crippen molar-refractivity contribution < 1.29 is 8.78 Å². The first-order valence-electron chi connectivity index (χ1n) is 6.56. The summed E-state index contributed by atoms with van der Waals surface area (Å²) in [5.74, 6) is -1.72. The van der Waals surface area contributed by atoms with Crippen LogP contribution in [0.15, 0.2) is 16.9 Å². The second kappa shape index (κ2) is 5.23. The number of nitrogens with zero attached hydrogens (tertiary/aromatic N) is 1. The molecule has 0 aliphatic heterocycles. The zero-order valence-corrected chi connectivity index (χ0v) is 12.1. The summed E-state index contributed by atoms with van der Waals surface area (Å²) in [4.78, 5) is 11.9. The first-order valence-corrected chi connectivity index (χ1v) is 6.56. The number of nitrogens with one attached hydrogen (secondary N) is 1. The lowest BCUT2D eigenvalue weighted by Crippen LogP contribution is -2.10. The molecule has 0 unspecified atom stereocenters. The van der Waals surface area contributed by atoms with Gasteiger partial charge in [-0.15, -0.1) is 0 Å². The summed E-state index contributed by atoms with van der Waals surface area (Å²) in [7, 11) is 0. The monoisotopic (exact) mass is 280 g/mol. The zero-order chi connectivity index (χ0) is 15.0. The van der Waals surface area contributed by atoms with Crippen LogP contribution in [0.25, 0.3) is 0 Å². The summed E-state index contributed by atoms with van der Waals surface area (Å²) in [6.45, 7) is 7.20. The molecule has 0 amide bonds. The molecule has 0 saturated carbocycles. The lowest BCUT2D eigenvalue weighted by Gasteiger charge is -2.10. The summed E-state index contributed by atoms with van der Waals surface area (Å²) in [6, 6.07) is 3.16. The van der Waals surface area contributed by atoms with Crippen molar-refractivity contribution in [3.63, 3.8) is 0 Å². The van der Waals surface area contributed by atoms with Gasteiger partial charge in [0.2, 0.25) is 0 Å². The number of aromatic amines is 1. The fraction of sp³-hybridized carbons (Fsp3) is 0.400. The second-order valence-electron chi connectivity index (χ2n) is 5.31. The summed E-state index contributed by atoms with van der Waals surface area (Å²) >= 11 is 0. The Hall–Kier alpha value is -1.91. The number of benzene rings is 1. The van der Waals surface area contributed by atoms with Crippen LogP contribution in [0.3, 0.4) is 0 Å². The van der Waals surface area contributed by atoms with E-state index in [0.29, 0.717) is 5.56 Å². The SMILES string of the molecule is Cc1ccc(Cc2c(C)n(C(C)C)[nH]c2=O)c(F)c1F. The van der Waals surface area contributed by atoms with Crippen molar-refractivity contribution in [2.45, 2.75) is 40.2 Å². The Morgan fingerprint density at radius 1 is 1.20 bits per heavy atom. The van der Waals surface area contributed by atoms with Crippen LogP contribution >= 0.6 is 0 Å². The molecule has 3 nitrogen and oxygen atoms in total. The molecule has 108 valence electrons. The zero-order valence-electron chi connectivity index (χ0n) is 12.1. The molecule has 1 heterocycles. The number of rotatable bonds is 3. The number of hydrogen-bond donors (Lipinski definition) is 1. The molecule has 2 rings (SSSR count). The molecule has 0 fully saturated rings. The number of aromatic nitrogens is 2. The first kappa shape index (κ1) is 14.5. The second-order valence-corrected chi connectivity index (χ2v) is 5.31. The summed E-state index contributed by atoms with van der Waals surface area (Å²) in [5.41, 5.74) is 1.43. The van der Waals surface area contributed by atoms with Crippen LogP contribution in [0.4, 0.5) is 8.78 Å². The van der Waals surface area contributed by atoms with Crippen molar-refractivity contribution in [3.8, 4) is 0 Å². The Kier molecular flexibility index (Phi) is 3.79. The highest BCUT2D eigenvalue weighted by atomic mass is 19.2. The van der Waals surface area contributed by atoms with Gasteiger partial charge in [0.1, 0.15) is 0 Å². The van der Waals surface area contributed by atoms with E-state index in [4.69, 9.17) is 0 Å². The van der Waals surface area contributed by atoms with Crippen LogP contribution in [0.1, 0.15) is 42.3 Å². The van der Waals surface area contributed by atoms with Crippen LogP contribution in [-0.2, 0) is 6.42 Å². The van der Waals surface area contributed by atoms with Gasteiger partial charge in [0.25, 0.3) is 5.56 Å². The molecule has 0 atom stereocenters. The van der Waals surface area contributed by atoms with Crippen molar-refractivity contribution in [3.05, 3.63) is 56.5 Å². The fourth-order valence-corrected chi connectivity index (χ4v) is 2.31. The third-order valence-electron chi connectivity index (χ3n) is 3.53. The number of halogens is 2. The van der Waals surface area contributed by atoms with Gasteiger partial charge >= 0.3 is 0 Å². The molecule has 0 radical (unpaired) electrons. The number of aryl methyl sites for hydroxylation is 1. The van der Waals surface area contributed by atoms with Gasteiger partial charge in [-0.05, 0) is 38.8 Å². The maximum Gasteiger partial charge on any atom is 0.267 e. The van der Waals surface area contributed by atoms with Crippen molar-refractivity contribution >= 4 is 0 Å². The van der Waals surface area contributed by atoms with Crippen LogP contribution < -0.4 is 5.56 Å². The van der Waals surface area contributed by atoms with Gasteiger partial charge < -0.3 is 0 Å². The Bertz CT molecular complexity index is 699. The van der Waals surface area contributed by atoms with Crippen LogP contribution in [0.5, 0.6) is 0 Å². The van der Waals surface area contributed by atoms with Crippen LogP contribution in [-0.4, -0.2) is 9.78 Å². The quantitative estimate of drug-likeness (QED) is 0.920. The fourth-order valence-electron chi connectivity index (χ4n) is 2.31. The topological polar surface area (TPSA) is 37.8 Å². The maximum absolute atomic E-state index is 13.9. The van der Waals surface area contributed by atoms with Gasteiger partial charge in [-0.3, -0.25) is 14.6 Å². The Balaban J connectivity index is 2.46. The Morgan fingerprint density at radius 3 is 2.40 bits per heavy atom. The first-order chi connectivity index (χ1) is 9.32. The number of H-pyrrole nitrogens is 1. The van der Waals surface area contributed by atoms with Crippen molar-refractivity contribution in [1.29, 1.82) is 0 Å². The lowest BCUT2D eigenvalue weighted by atomic mass is 10.0. The molecule has 5 heteroatoms. The molecule has 0 spiro atoms. The predicted molar refractivity (Wildman–Crippen MR) is 74.1 cm³/mol. The van der Waals surface area contributed by atoms with Crippen molar-refractivity contribution in [2.75, 3.05) is 0 Å². The van der Waals surface area contributed by atoms with Gasteiger partial charge in [-0.25, -0.2) is 8.78 Å². The average molecular weight is 280 g/mol. The molecule has 1 N–H and O–H groups in total. The summed E-state index contributed by atoms with van der Waals surface area (Å²) in [6.07, 6.45) is 0.0872. The maximum atomic E-state index is 13.9. The number of hydrogen-bond acceptors (Lipinski definition) is 1. The highest BCUT2D eigenvalue weighted by Gasteiger charge is 2.17.